The first-order valence-electron chi connectivity index (χ1n) is 6.82. The first-order valence-corrected chi connectivity index (χ1v) is 11.5. The fraction of sp³-hybridized carbons (Fsp3) is 0.200. The molecule has 2 rings (SSSR count). The summed E-state index contributed by atoms with van der Waals surface area (Å²) in [5, 5.41) is 9.21. The molecule has 0 radical (unpaired) electrons. The van der Waals surface area contributed by atoms with E-state index < -0.39 is 31.4 Å². The zero-order chi connectivity index (χ0) is 18.4. The number of halogens is 4. The van der Waals surface area contributed by atoms with Crippen molar-refractivity contribution in [3.05, 3.63) is 39.0 Å². The molecule has 0 spiro atoms. The molecule has 0 fully saturated rings. The number of anilines is 1. The third kappa shape index (κ3) is 3.31. The Morgan fingerprint density at radius 2 is 1.88 bits per heavy atom. The van der Waals surface area contributed by atoms with E-state index in [4.69, 9.17) is 22.4 Å². The number of hydrogen-bond donors (Lipinski definition) is 2. The lowest BCUT2D eigenvalue weighted by Gasteiger charge is -2.19. The van der Waals surface area contributed by atoms with Gasteiger partial charge in [0.2, 0.25) is 0 Å². The second kappa shape index (κ2) is 6.42. The molecule has 0 atom stereocenters. The van der Waals surface area contributed by atoms with Gasteiger partial charge in [0, 0.05) is 5.56 Å². The van der Waals surface area contributed by atoms with Crippen molar-refractivity contribution >= 4 is 52.4 Å². The van der Waals surface area contributed by atoms with Gasteiger partial charge in [0.05, 0.1) is 29.0 Å². The van der Waals surface area contributed by atoms with Gasteiger partial charge in [-0.3, -0.25) is 0 Å². The maximum Gasteiger partial charge on any atom is 0.356 e. The van der Waals surface area contributed by atoms with Gasteiger partial charge >= 0.3 is 5.97 Å². The van der Waals surface area contributed by atoms with Crippen LogP contribution in [-0.2, 0) is 0 Å². The van der Waals surface area contributed by atoms with Gasteiger partial charge in [0.15, 0.2) is 5.69 Å². The monoisotopic (exact) mass is 434 g/mol. The van der Waals surface area contributed by atoms with Crippen LogP contribution >= 0.6 is 27.5 Å². The van der Waals surface area contributed by atoms with Gasteiger partial charge in [-0.25, -0.2) is 18.6 Å². The van der Waals surface area contributed by atoms with E-state index in [1.54, 1.807) is 0 Å². The summed E-state index contributed by atoms with van der Waals surface area (Å²) >= 11 is 8.97. The highest BCUT2D eigenvalue weighted by Crippen LogP contribution is 2.38. The maximum absolute atomic E-state index is 14.6. The molecule has 128 valence electrons. The number of pyridine rings is 1. The average molecular weight is 436 g/mol. The molecule has 0 aliphatic heterocycles. The molecule has 0 unspecified atom stereocenters. The zero-order valence-electron chi connectivity index (χ0n) is 13.0. The molecule has 0 aliphatic carbocycles. The lowest BCUT2D eigenvalue weighted by Crippen LogP contribution is -2.40. The van der Waals surface area contributed by atoms with Crippen molar-refractivity contribution in [3.63, 3.8) is 0 Å². The smallest absolute Gasteiger partial charge is 0.356 e. The fourth-order valence-corrected chi connectivity index (χ4v) is 4.37. The summed E-state index contributed by atoms with van der Waals surface area (Å²) in [4.78, 5) is 15.1. The van der Waals surface area contributed by atoms with E-state index in [2.05, 4.69) is 20.9 Å². The number of carboxylic acids is 1. The third-order valence-corrected chi connectivity index (χ3v) is 6.62. The lowest BCUT2D eigenvalue weighted by molar-refractivity contribution is 0.0691. The largest absolute Gasteiger partial charge is 0.476 e. The van der Waals surface area contributed by atoms with E-state index in [0.717, 1.165) is 12.1 Å². The molecular formula is C15H14BrClF2N2O2Si. The predicted molar refractivity (Wildman–Crippen MR) is 96.7 cm³/mol. The zero-order valence-corrected chi connectivity index (χ0v) is 16.4. The van der Waals surface area contributed by atoms with Crippen LogP contribution in [0.15, 0.2) is 16.6 Å². The maximum atomic E-state index is 14.6. The Balaban J connectivity index is 2.78. The minimum Gasteiger partial charge on any atom is -0.476 e. The number of nitrogens with zero attached hydrogens (tertiary/aromatic N) is 1. The summed E-state index contributed by atoms with van der Waals surface area (Å²) in [5.74, 6) is -2.69. The number of nitrogens with two attached hydrogens (primary N) is 1. The SMILES string of the molecule is C[Si](C)(C)c1cc(F)c(-c2nc(C(=O)O)c(Cl)c(N)c2Br)cc1F. The number of rotatable bonds is 3. The van der Waals surface area contributed by atoms with Gasteiger partial charge < -0.3 is 10.8 Å². The first-order chi connectivity index (χ1) is 10.9. The molecule has 0 saturated heterocycles. The van der Waals surface area contributed by atoms with E-state index in [0.29, 0.717) is 5.19 Å². The Labute approximate surface area is 151 Å². The van der Waals surface area contributed by atoms with E-state index in [1.807, 2.05) is 19.6 Å². The van der Waals surface area contributed by atoms with Crippen molar-refractivity contribution < 1.29 is 18.7 Å². The number of carboxylic acid groups (broad SMARTS) is 1. The number of benzene rings is 1. The Morgan fingerprint density at radius 3 is 2.38 bits per heavy atom. The molecule has 1 heterocycles. The van der Waals surface area contributed by atoms with Crippen molar-refractivity contribution in [1.82, 2.24) is 4.98 Å². The number of aromatic nitrogens is 1. The highest BCUT2D eigenvalue weighted by atomic mass is 79.9. The van der Waals surface area contributed by atoms with Crippen molar-refractivity contribution in [3.8, 4) is 11.3 Å². The van der Waals surface area contributed by atoms with Crippen LogP contribution in [0.2, 0.25) is 24.7 Å². The summed E-state index contributed by atoms with van der Waals surface area (Å²) in [7, 11) is -2.08. The van der Waals surface area contributed by atoms with Gasteiger partial charge in [-0.1, -0.05) is 31.2 Å². The number of aromatic carboxylic acids is 1. The van der Waals surface area contributed by atoms with Gasteiger partial charge in [0.25, 0.3) is 0 Å². The minimum absolute atomic E-state index is 0.104. The number of nitrogen functional groups attached to an aromatic ring is 1. The van der Waals surface area contributed by atoms with E-state index >= 15 is 0 Å². The first kappa shape index (κ1) is 18.8. The second-order valence-electron chi connectivity index (χ2n) is 6.22. The fourth-order valence-electron chi connectivity index (χ4n) is 2.18. The van der Waals surface area contributed by atoms with Crippen LogP contribution < -0.4 is 10.9 Å². The van der Waals surface area contributed by atoms with Crippen LogP contribution in [0.5, 0.6) is 0 Å². The molecule has 0 saturated carbocycles. The summed E-state index contributed by atoms with van der Waals surface area (Å²) in [6.45, 7) is 5.67. The Bertz CT molecular complexity index is 857. The molecular weight excluding hydrogens is 422 g/mol. The van der Waals surface area contributed by atoms with E-state index in [1.165, 1.54) is 0 Å². The summed E-state index contributed by atoms with van der Waals surface area (Å²) < 4.78 is 29.1. The molecule has 9 heteroatoms. The molecule has 0 bridgehead atoms. The van der Waals surface area contributed by atoms with Crippen LogP contribution in [0.4, 0.5) is 14.5 Å². The Hall–Kier alpha value is -1.51. The van der Waals surface area contributed by atoms with Crippen molar-refractivity contribution in [2.45, 2.75) is 19.6 Å². The summed E-state index contributed by atoms with van der Waals surface area (Å²) in [6.07, 6.45) is 0. The van der Waals surface area contributed by atoms with Gasteiger partial charge in [-0.2, -0.15) is 0 Å². The average Bonchev–Trinajstić information content (AvgIpc) is 2.46. The van der Waals surface area contributed by atoms with Crippen LogP contribution in [-0.4, -0.2) is 24.1 Å². The quantitative estimate of drug-likeness (QED) is 0.706. The lowest BCUT2D eigenvalue weighted by atomic mass is 10.1. The van der Waals surface area contributed by atoms with Crippen molar-refractivity contribution in [1.29, 1.82) is 0 Å². The van der Waals surface area contributed by atoms with Crippen LogP contribution in [0, 0.1) is 11.6 Å². The molecule has 0 amide bonds. The summed E-state index contributed by atoms with van der Waals surface area (Å²) in [5.41, 5.74) is 4.82. The van der Waals surface area contributed by atoms with Crippen LogP contribution in [0.25, 0.3) is 11.3 Å². The van der Waals surface area contributed by atoms with Gasteiger partial charge in [-0.05, 0) is 33.2 Å². The van der Waals surface area contributed by atoms with Crippen LogP contribution in [0.3, 0.4) is 0 Å². The standard InChI is InChI=1S/C15H14BrClF2N2O2Si/c1-24(2,3)9-5-7(18)6(4-8(9)19)13-10(16)12(20)11(17)14(21-13)15(22)23/h4-5H,1-3H3,(H2,20,21)(H,22,23). The third-order valence-electron chi connectivity index (χ3n) is 3.43. The van der Waals surface area contributed by atoms with E-state index in [9.17, 15) is 13.6 Å². The molecule has 2 aromatic rings. The number of carbonyl (C=O) groups is 1. The molecule has 4 nitrogen and oxygen atoms in total. The molecule has 1 aromatic heterocycles. The molecule has 24 heavy (non-hydrogen) atoms. The highest BCUT2D eigenvalue weighted by Gasteiger charge is 2.26. The minimum atomic E-state index is -2.08. The summed E-state index contributed by atoms with van der Waals surface area (Å²) in [6, 6.07) is 2.14. The highest BCUT2D eigenvalue weighted by molar-refractivity contribution is 9.10. The topological polar surface area (TPSA) is 76.2 Å². The van der Waals surface area contributed by atoms with Crippen LogP contribution in [0.1, 0.15) is 10.5 Å². The molecule has 0 aliphatic rings. The van der Waals surface area contributed by atoms with E-state index in [-0.39, 0.29) is 26.4 Å². The van der Waals surface area contributed by atoms with Gasteiger partial charge in [0.1, 0.15) is 11.6 Å². The molecule has 3 N–H and O–H groups in total. The Kier molecular flexibility index (Phi) is 5.03. The number of hydrogen-bond acceptors (Lipinski definition) is 3. The van der Waals surface area contributed by atoms with Crippen molar-refractivity contribution in [2.24, 2.45) is 0 Å². The normalized spacial score (nSPS) is 11.6. The Morgan fingerprint density at radius 1 is 1.29 bits per heavy atom. The van der Waals surface area contributed by atoms with Gasteiger partial charge in [-0.15, -0.1) is 0 Å². The van der Waals surface area contributed by atoms with Crippen molar-refractivity contribution in [2.75, 3.05) is 5.73 Å². The second-order valence-corrected chi connectivity index (χ2v) is 12.4. The predicted octanol–water partition coefficient (Wildman–Crippen LogP) is 4.27. The molecule has 1 aromatic carbocycles.